The number of nitrogens with one attached hydrogen (secondary N) is 1. The summed E-state index contributed by atoms with van der Waals surface area (Å²) in [6.07, 6.45) is 0.259. The maximum Gasteiger partial charge on any atom is 0.224 e. The predicted octanol–water partition coefficient (Wildman–Crippen LogP) is 3.65. The van der Waals surface area contributed by atoms with Gasteiger partial charge in [-0.05, 0) is 49.2 Å². The van der Waals surface area contributed by atoms with Crippen LogP contribution in [-0.4, -0.2) is 19.6 Å². The van der Waals surface area contributed by atoms with E-state index in [0.29, 0.717) is 12.2 Å². The van der Waals surface area contributed by atoms with Crippen LogP contribution in [-0.2, 0) is 11.2 Å². The average molecular weight is 331 g/mol. The third kappa shape index (κ3) is 4.72. The number of rotatable bonds is 7. The molecule has 1 atom stereocenters. The Kier molecular flexibility index (Phi) is 6.18. The lowest BCUT2D eigenvalue weighted by atomic mass is 10.1. The van der Waals surface area contributed by atoms with Crippen molar-refractivity contribution in [3.8, 4) is 11.5 Å². The molecule has 24 heavy (non-hydrogen) atoms. The van der Waals surface area contributed by atoms with E-state index in [1.807, 2.05) is 38.1 Å². The molecule has 0 aromatic heterocycles. The molecule has 2 aromatic carbocycles. The van der Waals surface area contributed by atoms with E-state index in [1.165, 1.54) is 13.2 Å². The van der Waals surface area contributed by atoms with Crippen molar-refractivity contribution in [1.29, 1.82) is 0 Å². The van der Waals surface area contributed by atoms with Crippen LogP contribution < -0.4 is 14.8 Å². The molecule has 0 bridgehead atoms. The topological polar surface area (TPSA) is 47.6 Å². The van der Waals surface area contributed by atoms with Gasteiger partial charge in [-0.15, -0.1) is 0 Å². The summed E-state index contributed by atoms with van der Waals surface area (Å²) in [6.45, 7) is 4.35. The van der Waals surface area contributed by atoms with Crippen molar-refractivity contribution in [1.82, 2.24) is 5.32 Å². The maximum atomic E-state index is 13.7. The molecule has 0 unspecified atom stereocenters. The number of carbonyl (C=O) groups excluding carboxylic acids is 1. The zero-order valence-electron chi connectivity index (χ0n) is 14.1. The van der Waals surface area contributed by atoms with Crippen molar-refractivity contribution in [2.75, 3.05) is 13.7 Å². The lowest BCUT2D eigenvalue weighted by Crippen LogP contribution is -2.28. The highest BCUT2D eigenvalue weighted by Crippen LogP contribution is 2.22. The van der Waals surface area contributed by atoms with Crippen LogP contribution in [0.25, 0.3) is 0 Å². The minimum atomic E-state index is -0.442. The molecule has 5 heteroatoms. The predicted molar refractivity (Wildman–Crippen MR) is 90.8 cm³/mol. The minimum Gasteiger partial charge on any atom is -0.494 e. The highest BCUT2D eigenvalue weighted by Gasteiger charge is 2.12. The van der Waals surface area contributed by atoms with Gasteiger partial charge in [0.2, 0.25) is 5.91 Å². The molecule has 128 valence electrons. The van der Waals surface area contributed by atoms with Gasteiger partial charge in [-0.2, -0.15) is 0 Å². The summed E-state index contributed by atoms with van der Waals surface area (Å²) in [5.41, 5.74) is 1.58. The van der Waals surface area contributed by atoms with E-state index in [9.17, 15) is 9.18 Å². The lowest BCUT2D eigenvalue weighted by Gasteiger charge is -2.15. The van der Waals surface area contributed by atoms with Gasteiger partial charge in [0.25, 0.3) is 0 Å². The number of carbonyl (C=O) groups is 1. The van der Waals surface area contributed by atoms with Crippen LogP contribution in [0, 0.1) is 5.82 Å². The van der Waals surface area contributed by atoms with E-state index in [4.69, 9.17) is 9.47 Å². The second kappa shape index (κ2) is 8.34. The Hall–Kier alpha value is -2.56. The van der Waals surface area contributed by atoms with Crippen molar-refractivity contribution in [2.24, 2.45) is 0 Å². The van der Waals surface area contributed by atoms with E-state index in [0.717, 1.165) is 11.3 Å². The second-order valence-electron chi connectivity index (χ2n) is 5.44. The van der Waals surface area contributed by atoms with E-state index < -0.39 is 5.82 Å². The summed E-state index contributed by atoms with van der Waals surface area (Å²) in [4.78, 5) is 12.2. The SMILES string of the molecule is CCOc1ccc(CC(=O)N[C@@H](C)c2ccc(OC)c(F)c2)cc1. The number of hydrogen-bond acceptors (Lipinski definition) is 3. The average Bonchev–Trinajstić information content (AvgIpc) is 2.56. The van der Waals surface area contributed by atoms with Gasteiger partial charge < -0.3 is 14.8 Å². The number of halogens is 1. The van der Waals surface area contributed by atoms with Gasteiger partial charge >= 0.3 is 0 Å². The summed E-state index contributed by atoms with van der Waals surface area (Å²) in [6, 6.07) is 11.8. The standard InChI is InChI=1S/C19H22FNO3/c1-4-24-16-8-5-14(6-9-16)11-19(22)21-13(2)15-7-10-18(23-3)17(20)12-15/h5-10,12-13H,4,11H2,1-3H3,(H,21,22)/t13-/m0/s1. The van der Waals surface area contributed by atoms with Crippen molar-refractivity contribution in [3.63, 3.8) is 0 Å². The minimum absolute atomic E-state index is 0.122. The third-order valence-electron chi connectivity index (χ3n) is 3.65. The smallest absolute Gasteiger partial charge is 0.224 e. The molecule has 0 fully saturated rings. The fourth-order valence-corrected chi connectivity index (χ4v) is 2.38. The molecule has 0 saturated carbocycles. The van der Waals surface area contributed by atoms with Crippen molar-refractivity contribution < 1.29 is 18.7 Å². The Labute approximate surface area is 141 Å². The number of methoxy groups -OCH3 is 1. The van der Waals surface area contributed by atoms with Crippen LogP contribution in [0.3, 0.4) is 0 Å². The maximum absolute atomic E-state index is 13.7. The molecule has 0 heterocycles. The number of ether oxygens (including phenoxy) is 2. The van der Waals surface area contributed by atoms with Crippen molar-refractivity contribution in [3.05, 3.63) is 59.4 Å². The molecule has 2 aromatic rings. The highest BCUT2D eigenvalue weighted by molar-refractivity contribution is 5.79. The number of hydrogen-bond donors (Lipinski definition) is 1. The summed E-state index contributed by atoms with van der Waals surface area (Å²) >= 11 is 0. The van der Waals surface area contributed by atoms with Crippen LogP contribution in [0.2, 0.25) is 0 Å². The molecule has 4 nitrogen and oxygen atoms in total. The molecule has 0 radical (unpaired) electrons. The van der Waals surface area contributed by atoms with Crippen molar-refractivity contribution in [2.45, 2.75) is 26.3 Å². The number of amides is 1. The van der Waals surface area contributed by atoms with Gasteiger partial charge in [0.05, 0.1) is 26.2 Å². The van der Waals surface area contributed by atoms with Crippen molar-refractivity contribution >= 4 is 5.91 Å². The van der Waals surface area contributed by atoms with Gasteiger partial charge in [0.15, 0.2) is 11.6 Å². The van der Waals surface area contributed by atoms with Crippen LogP contribution in [0.15, 0.2) is 42.5 Å². The first-order chi connectivity index (χ1) is 11.5. The summed E-state index contributed by atoms with van der Waals surface area (Å²) in [7, 11) is 1.42. The normalized spacial score (nSPS) is 11.7. The van der Waals surface area contributed by atoms with Gasteiger partial charge in [0, 0.05) is 0 Å². The van der Waals surface area contributed by atoms with Gasteiger partial charge in [-0.3, -0.25) is 4.79 Å². The summed E-state index contributed by atoms with van der Waals surface area (Å²) in [5, 5.41) is 2.87. The van der Waals surface area contributed by atoms with E-state index >= 15 is 0 Å². The van der Waals surface area contributed by atoms with Crippen LogP contribution in [0.4, 0.5) is 4.39 Å². The molecule has 0 aliphatic rings. The molecular weight excluding hydrogens is 309 g/mol. The number of benzene rings is 2. The monoisotopic (exact) mass is 331 g/mol. The summed E-state index contributed by atoms with van der Waals surface area (Å²) in [5.74, 6) is 0.404. The molecule has 0 aliphatic carbocycles. The fourth-order valence-electron chi connectivity index (χ4n) is 2.38. The first-order valence-electron chi connectivity index (χ1n) is 7.88. The Morgan fingerprint density at radius 1 is 1.21 bits per heavy atom. The molecular formula is C19H22FNO3. The van der Waals surface area contributed by atoms with Gasteiger partial charge in [-0.1, -0.05) is 18.2 Å². The molecule has 0 aliphatic heterocycles. The summed E-state index contributed by atoms with van der Waals surface area (Å²) < 4.78 is 24.0. The van der Waals surface area contributed by atoms with E-state index in [-0.39, 0.29) is 24.1 Å². The first kappa shape index (κ1) is 17.8. The van der Waals surface area contributed by atoms with Crippen LogP contribution in [0.5, 0.6) is 11.5 Å². The molecule has 1 amide bonds. The van der Waals surface area contributed by atoms with E-state index in [1.54, 1.807) is 12.1 Å². The van der Waals surface area contributed by atoms with Gasteiger partial charge in [-0.25, -0.2) is 4.39 Å². The van der Waals surface area contributed by atoms with Crippen LogP contribution in [0.1, 0.15) is 31.0 Å². The lowest BCUT2D eigenvalue weighted by molar-refractivity contribution is -0.121. The Morgan fingerprint density at radius 3 is 2.50 bits per heavy atom. The fraction of sp³-hybridized carbons (Fsp3) is 0.316. The Morgan fingerprint density at radius 2 is 1.92 bits per heavy atom. The molecule has 0 spiro atoms. The third-order valence-corrected chi connectivity index (χ3v) is 3.65. The zero-order valence-corrected chi connectivity index (χ0v) is 14.1. The van der Waals surface area contributed by atoms with Crippen LogP contribution >= 0.6 is 0 Å². The van der Waals surface area contributed by atoms with Gasteiger partial charge in [0.1, 0.15) is 5.75 Å². The quantitative estimate of drug-likeness (QED) is 0.842. The molecule has 1 N–H and O–H groups in total. The molecule has 2 rings (SSSR count). The second-order valence-corrected chi connectivity index (χ2v) is 5.44. The Bertz CT molecular complexity index is 686. The first-order valence-corrected chi connectivity index (χ1v) is 7.88. The van der Waals surface area contributed by atoms with E-state index in [2.05, 4.69) is 5.32 Å². The zero-order chi connectivity index (χ0) is 17.5. The largest absolute Gasteiger partial charge is 0.494 e. The molecule has 0 saturated heterocycles. The Balaban J connectivity index is 1.94. The highest BCUT2D eigenvalue weighted by atomic mass is 19.1.